The van der Waals surface area contributed by atoms with Crippen molar-refractivity contribution in [2.24, 2.45) is 0 Å². The highest BCUT2D eigenvalue weighted by atomic mass is 35.5. The molecule has 5 heteroatoms. The molecule has 4 nitrogen and oxygen atoms in total. The summed E-state index contributed by atoms with van der Waals surface area (Å²) in [6.45, 7) is 1.66. The van der Waals surface area contributed by atoms with E-state index in [1.807, 2.05) is 36.4 Å². The van der Waals surface area contributed by atoms with E-state index in [0.717, 1.165) is 4.20 Å². The van der Waals surface area contributed by atoms with E-state index in [4.69, 9.17) is 11.8 Å². The second-order valence-electron chi connectivity index (χ2n) is 2.65. The lowest BCUT2D eigenvalue weighted by Gasteiger charge is -1.79. The summed E-state index contributed by atoms with van der Waals surface area (Å²) in [6, 6.07) is 12.0. The topological polar surface area (TPSA) is 47.8 Å². The van der Waals surface area contributed by atoms with Gasteiger partial charge in [0.15, 0.2) is 6.29 Å². The van der Waals surface area contributed by atoms with Crippen molar-refractivity contribution in [2.75, 3.05) is 0 Å². The summed E-state index contributed by atoms with van der Waals surface area (Å²) in [7, 11) is 0. The number of carbonyl (C=O) groups excluding carboxylic acids is 1. The van der Waals surface area contributed by atoms with Gasteiger partial charge in [-0.2, -0.15) is 0 Å². The molecular weight excluding hydrogens is 214 g/mol. The quantitative estimate of drug-likeness (QED) is 0.696. The monoisotopic (exact) mass is 223 g/mol. The van der Waals surface area contributed by atoms with Crippen molar-refractivity contribution in [1.29, 1.82) is 0 Å². The Labute approximate surface area is 92.6 Å². The van der Waals surface area contributed by atoms with E-state index in [1.54, 1.807) is 6.92 Å². The second kappa shape index (κ2) is 5.93. The molecule has 0 fully saturated rings. The van der Waals surface area contributed by atoms with Gasteiger partial charge in [0.05, 0.1) is 0 Å². The Bertz CT molecular complexity index is 387. The molecule has 15 heavy (non-hydrogen) atoms. The molecule has 1 heterocycles. The molecule has 2 aromatic rings. The normalized spacial score (nSPS) is 8.93. The largest absolute Gasteiger partial charge is 0.294 e. The van der Waals surface area contributed by atoms with Crippen LogP contribution in [0.15, 0.2) is 36.4 Å². The molecule has 2 rings (SSSR count). The summed E-state index contributed by atoms with van der Waals surface area (Å²) >= 11 is 5.36. The fourth-order valence-corrected chi connectivity index (χ4v) is 1.05. The number of halogens is 1. The molecule has 0 atom stereocenters. The number of hydrogen-bond donors (Lipinski definition) is 0. The lowest BCUT2D eigenvalue weighted by molar-refractivity contribution is 0.111. The van der Waals surface area contributed by atoms with Crippen LogP contribution in [0.3, 0.4) is 0 Å². The van der Waals surface area contributed by atoms with Gasteiger partial charge in [0.1, 0.15) is 5.82 Å². The first-order chi connectivity index (χ1) is 7.24. The van der Waals surface area contributed by atoms with Crippen LogP contribution in [0.5, 0.6) is 0 Å². The molecule has 1 aromatic carbocycles. The SMILES string of the molecule is Cc1nc(C=O)n(Cl)n1.c1ccccc1. The van der Waals surface area contributed by atoms with Gasteiger partial charge in [-0.3, -0.25) is 4.79 Å². The molecule has 1 aromatic heterocycles. The van der Waals surface area contributed by atoms with Crippen LogP contribution < -0.4 is 0 Å². The van der Waals surface area contributed by atoms with Crippen molar-refractivity contribution in [1.82, 2.24) is 14.3 Å². The van der Waals surface area contributed by atoms with Crippen LogP contribution in [-0.2, 0) is 0 Å². The maximum Gasteiger partial charge on any atom is 0.208 e. The molecular formula is C10H10ClN3O. The van der Waals surface area contributed by atoms with E-state index < -0.39 is 0 Å². The van der Waals surface area contributed by atoms with Crippen molar-refractivity contribution in [2.45, 2.75) is 6.92 Å². The average molecular weight is 224 g/mol. The molecule has 0 saturated carbocycles. The average Bonchev–Trinajstić information content (AvgIpc) is 2.60. The van der Waals surface area contributed by atoms with Gasteiger partial charge >= 0.3 is 0 Å². The molecule has 0 N–H and O–H groups in total. The lowest BCUT2D eigenvalue weighted by Crippen LogP contribution is -1.90. The summed E-state index contributed by atoms with van der Waals surface area (Å²) in [4.78, 5) is 13.7. The number of carbonyl (C=O) groups is 1. The maximum absolute atomic E-state index is 10.0. The van der Waals surface area contributed by atoms with Crippen molar-refractivity contribution in [3.8, 4) is 0 Å². The van der Waals surface area contributed by atoms with Crippen LogP contribution in [0, 0.1) is 6.92 Å². The van der Waals surface area contributed by atoms with Crippen molar-refractivity contribution < 1.29 is 4.79 Å². The number of hydrogen-bond acceptors (Lipinski definition) is 3. The van der Waals surface area contributed by atoms with Gasteiger partial charge in [-0.15, -0.1) is 9.30 Å². The van der Waals surface area contributed by atoms with Crippen molar-refractivity contribution >= 4 is 18.1 Å². The lowest BCUT2D eigenvalue weighted by atomic mass is 10.4. The molecule has 0 saturated heterocycles. The second-order valence-corrected chi connectivity index (χ2v) is 2.97. The summed E-state index contributed by atoms with van der Waals surface area (Å²) in [5.74, 6) is 0.626. The Balaban J connectivity index is 0.000000162. The molecule has 0 amide bonds. The van der Waals surface area contributed by atoms with E-state index in [1.165, 1.54) is 0 Å². The van der Waals surface area contributed by atoms with E-state index in [0.29, 0.717) is 12.1 Å². The summed E-state index contributed by atoms with van der Waals surface area (Å²) < 4.78 is 0.919. The van der Waals surface area contributed by atoms with Crippen molar-refractivity contribution in [3.05, 3.63) is 48.0 Å². The van der Waals surface area contributed by atoms with E-state index in [-0.39, 0.29) is 5.82 Å². The van der Waals surface area contributed by atoms with E-state index in [9.17, 15) is 4.79 Å². The number of nitrogens with zero attached hydrogens (tertiary/aromatic N) is 3. The zero-order valence-electron chi connectivity index (χ0n) is 8.17. The fourth-order valence-electron chi connectivity index (χ4n) is 0.862. The molecule has 0 radical (unpaired) electrons. The Kier molecular flexibility index (Phi) is 4.50. The Morgan fingerprint density at radius 3 is 1.87 bits per heavy atom. The minimum atomic E-state index is 0.133. The predicted octanol–water partition coefficient (Wildman–Crippen LogP) is 2.09. The molecule has 0 spiro atoms. The molecule has 0 aliphatic heterocycles. The van der Waals surface area contributed by atoms with Crippen molar-refractivity contribution in [3.63, 3.8) is 0 Å². The highest BCUT2D eigenvalue weighted by molar-refractivity contribution is 6.16. The molecule has 0 bridgehead atoms. The smallest absolute Gasteiger partial charge is 0.208 e. The minimum absolute atomic E-state index is 0.133. The van der Waals surface area contributed by atoms with Gasteiger partial charge in [0, 0.05) is 11.8 Å². The first-order valence-corrected chi connectivity index (χ1v) is 4.63. The van der Waals surface area contributed by atoms with Crippen LogP contribution in [0.4, 0.5) is 0 Å². The molecule has 0 aliphatic rings. The van der Waals surface area contributed by atoms with Gasteiger partial charge in [-0.25, -0.2) is 4.98 Å². The van der Waals surface area contributed by atoms with Gasteiger partial charge in [-0.05, 0) is 6.92 Å². The fraction of sp³-hybridized carbons (Fsp3) is 0.100. The summed E-state index contributed by atoms with van der Waals surface area (Å²) in [5.41, 5.74) is 0. The highest BCUT2D eigenvalue weighted by Crippen LogP contribution is 1.94. The number of benzene rings is 1. The number of aromatic nitrogens is 3. The van der Waals surface area contributed by atoms with Gasteiger partial charge in [0.25, 0.3) is 0 Å². The van der Waals surface area contributed by atoms with Crippen LogP contribution >= 0.6 is 11.8 Å². The van der Waals surface area contributed by atoms with Gasteiger partial charge < -0.3 is 0 Å². The predicted molar refractivity (Wildman–Crippen MR) is 57.8 cm³/mol. The highest BCUT2D eigenvalue weighted by Gasteiger charge is 2.01. The molecule has 78 valence electrons. The van der Waals surface area contributed by atoms with Gasteiger partial charge in [0.2, 0.25) is 5.82 Å². The Morgan fingerprint density at radius 2 is 1.67 bits per heavy atom. The number of aldehydes is 1. The summed E-state index contributed by atoms with van der Waals surface area (Å²) in [5, 5.41) is 3.62. The molecule has 0 unspecified atom stereocenters. The maximum atomic E-state index is 10.0. The van der Waals surface area contributed by atoms with Crippen LogP contribution in [-0.4, -0.2) is 20.6 Å². The Morgan fingerprint density at radius 1 is 1.20 bits per heavy atom. The molecule has 0 aliphatic carbocycles. The third-order valence-electron chi connectivity index (χ3n) is 1.47. The third-order valence-corrected chi connectivity index (χ3v) is 1.72. The summed E-state index contributed by atoms with van der Waals surface area (Å²) in [6.07, 6.45) is 0.549. The zero-order chi connectivity index (χ0) is 11.1. The standard InChI is InChI=1S/C6H6.C4H4ClN3O/c1-2-4-6-5-3-1;1-3-6-4(2-9)8(5)7-3/h1-6H;2H,1H3. The van der Waals surface area contributed by atoms with Crippen LogP contribution in [0.2, 0.25) is 0 Å². The Hall–Kier alpha value is -1.68. The number of rotatable bonds is 1. The van der Waals surface area contributed by atoms with Crippen LogP contribution in [0.1, 0.15) is 16.4 Å². The third kappa shape index (κ3) is 3.91. The first kappa shape index (κ1) is 11.4. The zero-order valence-corrected chi connectivity index (χ0v) is 8.93. The van der Waals surface area contributed by atoms with Crippen LogP contribution in [0.25, 0.3) is 0 Å². The number of aryl methyl sites for hydroxylation is 1. The van der Waals surface area contributed by atoms with E-state index >= 15 is 0 Å². The minimum Gasteiger partial charge on any atom is -0.294 e. The van der Waals surface area contributed by atoms with Gasteiger partial charge in [-0.1, -0.05) is 36.4 Å². The first-order valence-electron chi connectivity index (χ1n) is 4.29. The van der Waals surface area contributed by atoms with E-state index in [2.05, 4.69) is 10.1 Å².